The molecule has 0 N–H and O–H groups in total. The van der Waals surface area contributed by atoms with E-state index in [1.165, 1.54) is 193 Å². The summed E-state index contributed by atoms with van der Waals surface area (Å²) in [5.41, 5.74) is 0. The summed E-state index contributed by atoms with van der Waals surface area (Å²) in [6.07, 6.45) is 56.2. The molecule has 0 bridgehead atoms. The quantitative estimate of drug-likeness (QED) is 0.0262. The van der Waals surface area contributed by atoms with Gasteiger partial charge in [0.15, 0.2) is 6.10 Å². The van der Waals surface area contributed by atoms with Crippen molar-refractivity contribution in [3.05, 3.63) is 12.2 Å². The molecule has 1 atom stereocenters. The summed E-state index contributed by atoms with van der Waals surface area (Å²) in [6.45, 7) is 6.66. The van der Waals surface area contributed by atoms with Gasteiger partial charge in [-0.25, -0.2) is 0 Å². The van der Waals surface area contributed by atoms with Crippen LogP contribution in [-0.4, -0.2) is 37.2 Å². The molecular weight excluding hydrogens is 757 g/mol. The zero-order valence-electron chi connectivity index (χ0n) is 41.2. The van der Waals surface area contributed by atoms with Gasteiger partial charge in [-0.15, -0.1) is 0 Å². The van der Waals surface area contributed by atoms with Crippen LogP contribution in [-0.2, 0) is 28.6 Å². The van der Waals surface area contributed by atoms with Crippen molar-refractivity contribution in [2.75, 3.05) is 13.2 Å². The summed E-state index contributed by atoms with van der Waals surface area (Å²) < 4.78 is 16.8. The van der Waals surface area contributed by atoms with Crippen molar-refractivity contribution in [3.63, 3.8) is 0 Å². The Kier molecular flexibility index (Phi) is 49.3. The first-order chi connectivity index (χ1) is 30.0. The predicted molar refractivity (Wildman–Crippen MR) is 261 cm³/mol. The second-order valence-electron chi connectivity index (χ2n) is 18.5. The van der Waals surface area contributed by atoms with Gasteiger partial charge in [0.1, 0.15) is 13.2 Å². The van der Waals surface area contributed by atoms with E-state index in [4.69, 9.17) is 14.2 Å². The first-order valence-corrected chi connectivity index (χ1v) is 27.2. The molecule has 61 heavy (non-hydrogen) atoms. The van der Waals surface area contributed by atoms with Crippen molar-refractivity contribution >= 4 is 17.9 Å². The van der Waals surface area contributed by atoms with Crippen molar-refractivity contribution in [3.8, 4) is 0 Å². The third-order valence-electron chi connectivity index (χ3n) is 12.3. The predicted octanol–water partition coefficient (Wildman–Crippen LogP) is 17.8. The standard InChI is InChI=1S/C55H104O6/c1-4-7-10-13-16-19-22-25-27-28-31-33-36-39-42-45-48-54(57)60-51-52(50-59-53(56)47-44-41-38-35-32-29-24-21-18-15-12-9-6-3)61-55(58)49-46-43-40-37-34-30-26-23-20-17-14-11-8-5-2/h30,34,52H,4-29,31-33,35-51H2,1-3H3/b34-30-. The number of esters is 3. The summed E-state index contributed by atoms with van der Waals surface area (Å²) in [6, 6.07) is 0. The molecule has 0 saturated carbocycles. The lowest BCUT2D eigenvalue weighted by Crippen LogP contribution is -2.30. The highest BCUT2D eigenvalue weighted by atomic mass is 16.6. The van der Waals surface area contributed by atoms with Crippen molar-refractivity contribution in [1.29, 1.82) is 0 Å². The molecule has 0 amide bonds. The Morgan fingerprint density at radius 1 is 0.311 bits per heavy atom. The molecule has 0 heterocycles. The second kappa shape index (κ2) is 50.8. The van der Waals surface area contributed by atoms with Crippen molar-refractivity contribution < 1.29 is 28.6 Å². The maximum absolute atomic E-state index is 12.8. The molecule has 0 aliphatic carbocycles. The van der Waals surface area contributed by atoms with Crippen LogP contribution in [0.2, 0.25) is 0 Å². The zero-order valence-corrected chi connectivity index (χ0v) is 41.2. The lowest BCUT2D eigenvalue weighted by molar-refractivity contribution is -0.167. The molecule has 6 nitrogen and oxygen atoms in total. The fraction of sp³-hybridized carbons (Fsp3) is 0.909. The number of hydrogen-bond donors (Lipinski definition) is 0. The van der Waals surface area contributed by atoms with E-state index in [2.05, 4.69) is 32.9 Å². The summed E-state index contributed by atoms with van der Waals surface area (Å²) >= 11 is 0. The third kappa shape index (κ3) is 49.0. The van der Waals surface area contributed by atoms with Gasteiger partial charge in [0.05, 0.1) is 0 Å². The van der Waals surface area contributed by atoms with Gasteiger partial charge in [-0.1, -0.05) is 251 Å². The largest absolute Gasteiger partial charge is 0.462 e. The third-order valence-corrected chi connectivity index (χ3v) is 12.3. The zero-order chi connectivity index (χ0) is 44.4. The minimum absolute atomic E-state index is 0.0705. The highest BCUT2D eigenvalue weighted by molar-refractivity contribution is 5.71. The van der Waals surface area contributed by atoms with Gasteiger partial charge >= 0.3 is 17.9 Å². The molecule has 0 spiro atoms. The van der Waals surface area contributed by atoms with E-state index in [0.29, 0.717) is 19.3 Å². The molecule has 0 fully saturated rings. The second-order valence-corrected chi connectivity index (χ2v) is 18.5. The van der Waals surface area contributed by atoms with E-state index >= 15 is 0 Å². The van der Waals surface area contributed by atoms with Gasteiger partial charge in [-0.2, -0.15) is 0 Å². The summed E-state index contributed by atoms with van der Waals surface area (Å²) in [5.74, 6) is -0.866. The number of unbranched alkanes of at least 4 members (excludes halogenated alkanes) is 37. The first kappa shape index (κ1) is 59.1. The first-order valence-electron chi connectivity index (χ1n) is 27.2. The van der Waals surface area contributed by atoms with E-state index in [1.54, 1.807) is 0 Å². The Hall–Kier alpha value is -1.85. The average molecular weight is 861 g/mol. The topological polar surface area (TPSA) is 78.9 Å². The molecule has 0 saturated heterocycles. The Morgan fingerprint density at radius 2 is 0.541 bits per heavy atom. The number of carbonyl (C=O) groups is 3. The Bertz CT molecular complexity index is 947. The lowest BCUT2D eigenvalue weighted by atomic mass is 10.0. The van der Waals surface area contributed by atoms with Gasteiger partial charge in [0.2, 0.25) is 0 Å². The molecule has 360 valence electrons. The Morgan fingerprint density at radius 3 is 0.836 bits per heavy atom. The fourth-order valence-electron chi connectivity index (χ4n) is 8.14. The van der Waals surface area contributed by atoms with Gasteiger partial charge in [-0.3, -0.25) is 14.4 Å². The van der Waals surface area contributed by atoms with Crippen molar-refractivity contribution in [2.45, 2.75) is 309 Å². The molecule has 0 aliphatic rings. The molecule has 0 aromatic carbocycles. The smallest absolute Gasteiger partial charge is 0.306 e. The number of carbonyl (C=O) groups excluding carboxylic acids is 3. The number of rotatable bonds is 50. The molecule has 0 aromatic rings. The normalized spacial score (nSPS) is 12.0. The van der Waals surface area contributed by atoms with Crippen LogP contribution >= 0.6 is 0 Å². The Balaban J connectivity index is 4.33. The molecular formula is C55H104O6. The van der Waals surface area contributed by atoms with E-state index in [9.17, 15) is 14.4 Å². The minimum Gasteiger partial charge on any atom is -0.462 e. The molecule has 0 rings (SSSR count). The maximum atomic E-state index is 12.8. The minimum atomic E-state index is -0.771. The summed E-state index contributed by atoms with van der Waals surface area (Å²) in [4.78, 5) is 38.0. The van der Waals surface area contributed by atoms with Gasteiger partial charge in [-0.05, 0) is 44.9 Å². The van der Waals surface area contributed by atoms with Crippen LogP contribution in [0.3, 0.4) is 0 Å². The van der Waals surface area contributed by atoms with Crippen molar-refractivity contribution in [1.82, 2.24) is 0 Å². The number of hydrogen-bond acceptors (Lipinski definition) is 6. The van der Waals surface area contributed by atoms with Crippen LogP contribution in [0.1, 0.15) is 303 Å². The molecule has 6 heteroatoms. The van der Waals surface area contributed by atoms with E-state index < -0.39 is 6.10 Å². The molecule has 0 aliphatic heterocycles. The number of ether oxygens (including phenoxy) is 3. The van der Waals surface area contributed by atoms with Crippen LogP contribution in [0.25, 0.3) is 0 Å². The molecule has 0 radical (unpaired) electrons. The van der Waals surface area contributed by atoms with Crippen LogP contribution < -0.4 is 0 Å². The average Bonchev–Trinajstić information content (AvgIpc) is 3.26. The van der Waals surface area contributed by atoms with Gasteiger partial charge in [0, 0.05) is 19.3 Å². The fourth-order valence-corrected chi connectivity index (χ4v) is 8.14. The van der Waals surface area contributed by atoms with E-state index in [0.717, 1.165) is 70.6 Å². The van der Waals surface area contributed by atoms with Crippen LogP contribution in [0, 0.1) is 0 Å². The van der Waals surface area contributed by atoms with Crippen LogP contribution in [0.4, 0.5) is 0 Å². The number of allylic oxidation sites excluding steroid dienone is 2. The van der Waals surface area contributed by atoms with Crippen LogP contribution in [0.15, 0.2) is 12.2 Å². The Labute approximate surface area is 380 Å². The highest BCUT2D eigenvalue weighted by Crippen LogP contribution is 2.16. The van der Waals surface area contributed by atoms with Crippen LogP contribution in [0.5, 0.6) is 0 Å². The highest BCUT2D eigenvalue weighted by Gasteiger charge is 2.19. The van der Waals surface area contributed by atoms with Crippen molar-refractivity contribution in [2.24, 2.45) is 0 Å². The monoisotopic (exact) mass is 861 g/mol. The molecule has 1 unspecified atom stereocenters. The maximum Gasteiger partial charge on any atom is 0.306 e. The SMILES string of the molecule is CCCCCCCCC/C=C\CCCCCC(=O)OC(COC(=O)CCCCCCCCCCCCCCC)COC(=O)CCCCCCCCCCCCCCCCCC. The lowest BCUT2D eigenvalue weighted by Gasteiger charge is -2.18. The molecule has 0 aromatic heterocycles. The van der Waals surface area contributed by atoms with Gasteiger partial charge < -0.3 is 14.2 Å². The summed E-state index contributed by atoms with van der Waals surface area (Å²) in [7, 11) is 0. The van der Waals surface area contributed by atoms with E-state index in [1.807, 2.05) is 0 Å². The van der Waals surface area contributed by atoms with E-state index in [-0.39, 0.29) is 31.1 Å². The summed E-state index contributed by atoms with van der Waals surface area (Å²) in [5, 5.41) is 0. The van der Waals surface area contributed by atoms with Gasteiger partial charge in [0.25, 0.3) is 0 Å².